The zero-order chi connectivity index (χ0) is 19.1. The molecule has 2 aromatic carbocycles. The number of nitrogens with two attached hydrogens (primary N) is 1. The minimum absolute atomic E-state index is 0.201. The standard InChI is InChI=1S/C21H22N6/c1-15(13-16-5-3-2-4-6-16)7-12-19-25-20(23)27-21(26-19)24-18-10-8-17(14-22)9-11-18/h2-6,8-11,15H,7,12-13H2,1H3,(H3,23,24,25,26,27). The maximum Gasteiger partial charge on any atom is 0.232 e. The first-order chi connectivity index (χ1) is 13.1. The van der Waals surface area contributed by atoms with E-state index in [4.69, 9.17) is 11.0 Å². The summed E-state index contributed by atoms with van der Waals surface area (Å²) in [5, 5.41) is 12.0. The van der Waals surface area contributed by atoms with Crippen LogP contribution in [0.25, 0.3) is 0 Å². The molecule has 0 saturated heterocycles. The Bertz CT molecular complexity index is 916. The SMILES string of the molecule is CC(CCc1nc(N)nc(Nc2ccc(C#N)cc2)n1)Cc1ccccc1. The Labute approximate surface area is 159 Å². The van der Waals surface area contributed by atoms with Crippen LogP contribution in [0.1, 0.15) is 30.3 Å². The Morgan fingerprint density at radius 3 is 2.48 bits per heavy atom. The van der Waals surface area contributed by atoms with Crippen molar-refractivity contribution in [2.75, 3.05) is 11.1 Å². The number of aromatic nitrogens is 3. The van der Waals surface area contributed by atoms with Crippen LogP contribution in [0.5, 0.6) is 0 Å². The molecule has 27 heavy (non-hydrogen) atoms. The number of aryl methyl sites for hydroxylation is 1. The number of hydrogen-bond acceptors (Lipinski definition) is 6. The lowest BCUT2D eigenvalue weighted by molar-refractivity contribution is 0.522. The summed E-state index contributed by atoms with van der Waals surface area (Å²) >= 11 is 0. The van der Waals surface area contributed by atoms with Gasteiger partial charge < -0.3 is 11.1 Å². The molecule has 0 amide bonds. The zero-order valence-electron chi connectivity index (χ0n) is 15.3. The van der Waals surface area contributed by atoms with E-state index in [9.17, 15) is 0 Å². The number of nitrogens with one attached hydrogen (secondary N) is 1. The Morgan fingerprint density at radius 2 is 1.78 bits per heavy atom. The van der Waals surface area contributed by atoms with Gasteiger partial charge in [0.1, 0.15) is 5.82 Å². The predicted octanol–water partition coefficient (Wildman–Crippen LogP) is 3.88. The number of nitrogen functional groups attached to an aromatic ring is 1. The molecule has 0 fully saturated rings. The molecule has 6 nitrogen and oxygen atoms in total. The van der Waals surface area contributed by atoms with Crippen LogP contribution in [0.4, 0.5) is 17.6 Å². The molecule has 1 atom stereocenters. The molecule has 0 saturated carbocycles. The number of nitriles is 1. The molecule has 3 aromatic rings. The summed E-state index contributed by atoms with van der Waals surface area (Å²) < 4.78 is 0. The lowest BCUT2D eigenvalue weighted by Crippen LogP contribution is -2.09. The fraction of sp³-hybridized carbons (Fsp3) is 0.238. The minimum Gasteiger partial charge on any atom is -0.368 e. The van der Waals surface area contributed by atoms with Gasteiger partial charge in [-0.25, -0.2) is 0 Å². The third kappa shape index (κ3) is 5.51. The van der Waals surface area contributed by atoms with Crippen molar-refractivity contribution in [2.24, 2.45) is 5.92 Å². The smallest absolute Gasteiger partial charge is 0.232 e. The summed E-state index contributed by atoms with van der Waals surface area (Å²) in [5.41, 5.74) is 8.57. The van der Waals surface area contributed by atoms with E-state index in [0.717, 1.165) is 24.9 Å². The molecular weight excluding hydrogens is 336 g/mol. The average molecular weight is 358 g/mol. The third-order valence-corrected chi connectivity index (χ3v) is 4.26. The van der Waals surface area contributed by atoms with Crippen molar-refractivity contribution in [3.63, 3.8) is 0 Å². The summed E-state index contributed by atoms with van der Waals surface area (Å²) in [6.07, 6.45) is 2.73. The molecular formula is C21H22N6. The third-order valence-electron chi connectivity index (χ3n) is 4.26. The van der Waals surface area contributed by atoms with Crippen LogP contribution in [-0.4, -0.2) is 15.0 Å². The fourth-order valence-electron chi connectivity index (χ4n) is 2.86. The summed E-state index contributed by atoms with van der Waals surface area (Å²) in [5.74, 6) is 1.81. The lowest BCUT2D eigenvalue weighted by atomic mass is 9.96. The van der Waals surface area contributed by atoms with E-state index in [1.54, 1.807) is 24.3 Å². The van der Waals surface area contributed by atoms with Gasteiger partial charge in [-0.2, -0.15) is 20.2 Å². The van der Waals surface area contributed by atoms with Crippen molar-refractivity contribution in [3.05, 3.63) is 71.5 Å². The van der Waals surface area contributed by atoms with Crippen molar-refractivity contribution >= 4 is 17.6 Å². The van der Waals surface area contributed by atoms with Crippen LogP contribution >= 0.6 is 0 Å². The van der Waals surface area contributed by atoms with Gasteiger partial charge in [0.25, 0.3) is 0 Å². The molecule has 1 heterocycles. The first-order valence-corrected chi connectivity index (χ1v) is 8.94. The zero-order valence-corrected chi connectivity index (χ0v) is 15.3. The molecule has 0 spiro atoms. The van der Waals surface area contributed by atoms with Crippen LogP contribution in [-0.2, 0) is 12.8 Å². The van der Waals surface area contributed by atoms with Gasteiger partial charge in [0.05, 0.1) is 11.6 Å². The van der Waals surface area contributed by atoms with Crippen molar-refractivity contribution in [1.82, 2.24) is 15.0 Å². The Kier molecular flexibility index (Phi) is 5.95. The van der Waals surface area contributed by atoms with E-state index in [0.29, 0.717) is 23.3 Å². The molecule has 0 aliphatic carbocycles. The molecule has 3 N–H and O–H groups in total. The van der Waals surface area contributed by atoms with E-state index in [2.05, 4.69) is 57.5 Å². The van der Waals surface area contributed by atoms with Crippen LogP contribution in [0.2, 0.25) is 0 Å². The van der Waals surface area contributed by atoms with Crippen LogP contribution < -0.4 is 11.1 Å². The van der Waals surface area contributed by atoms with E-state index in [1.807, 2.05) is 6.07 Å². The van der Waals surface area contributed by atoms with Gasteiger partial charge in [-0.3, -0.25) is 0 Å². The molecule has 0 bridgehead atoms. The lowest BCUT2D eigenvalue weighted by Gasteiger charge is -2.12. The number of anilines is 3. The second kappa shape index (κ2) is 8.77. The second-order valence-corrected chi connectivity index (χ2v) is 6.58. The maximum absolute atomic E-state index is 8.87. The predicted molar refractivity (Wildman–Crippen MR) is 106 cm³/mol. The van der Waals surface area contributed by atoms with Gasteiger partial charge in [0.15, 0.2) is 0 Å². The van der Waals surface area contributed by atoms with Gasteiger partial charge >= 0.3 is 0 Å². The van der Waals surface area contributed by atoms with Gasteiger partial charge in [-0.15, -0.1) is 0 Å². The average Bonchev–Trinajstić information content (AvgIpc) is 2.67. The normalized spacial score (nSPS) is 11.6. The largest absolute Gasteiger partial charge is 0.368 e. The molecule has 1 aromatic heterocycles. The highest BCUT2D eigenvalue weighted by molar-refractivity contribution is 5.55. The highest BCUT2D eigenvalue weighted by Crippen LogP contribution is 2.17. The van der Waals surface area contributed by atoms with E-state index in [-0.39, 0.29) is 5.95 Å². The van der Waals surface area contributed by atoms with E-state index < -0.39 is 0 Å². The van der Waals surface area contributed by atoms with Gasteiger partial charge in [0, 0.05) is 12.1 Å². The Morgan fingerprint density at radius 1 is 1.04 bits per heavy atom. The van der Waals surface area contributed by atoms with E-state index >= 15 is 0 Å². The maximum atomic E-state index is 8.87. The van der Waals surface area contributed by atoms with Crippen molar-refractivity contribution in [2.45, 2.75) is 26.2 Å². The molecule has 6 heteroatoms. The highest BCUT2D eigenvalue weighted by atomic mass is 15.2. The topological polar surface area (TPSA) is 101 Å². The fourth-order valence-corrected chi connectivity index (χ4v) is 2.86. The number of hydrogen-bond donors (Lipinski definition) is 2. The minimum atomic E-state index is 0.201. The van der Waals surface area contributed by atoms with E-state index in [1.165, 1.54) is 5.56 Å². The second-order valence-electron chi connectivity index (χ2n) is 6.58. The van der Waals surface area contributed by atoms with Crippen molar-refractivity contribution in [3.8, 4) is 6.07 Å². The summed E-state index contributed by atoms with van der Waals surface area (Å²) in [6.45, 7) is 2.23. The quantitative estimate of drug-likeness (QED) is 0.665. The first kappa shape index (κ1) is 18.3. The summed E-state index contributed by atoms with van der Waals surface area (Å²) in [4.78, 5) is 12.9. The number of benzene rings is 2. The molecule has 3 rings (SSSR count). The van der Waals surface area contributed by atoms with Gasteiger partial charge in [0.2, 0.25) is 11.9 Å². The van der Waals surface area contributed by atoms with Crippen LogP contribution in [0.15, 0.2) is 54.6 Å². The summed E-state index contributed by atoms with van der Waals surface area (Å²) in [7, 11) is 0. The van der Waals surface area contributed by atoms with Gasteiger partial charge in [-0.1, -0.05) is 37.3 Å². The van der Waals surface area contributed by atoms with Crippen LogP contribution in [0.3, 0.4) is 0 Å². The molecule has 0 aliphatic rings. The monoisotopic (exact) mass is 358 g/mol. The molecule has 0 aliphatic heterocycles. The number of rotatable bonds is 7. The molecule has 136 valence electrons. The van der Waals surface area contributed by atoms with Crippen molar-refractivity contribution < 1.29 is 0 Å². The summed E-state index contributed by atoms with van der Waals surface area (Å²) in [6, 6.07) is 19.6. The first-order valence-electron chi connectivity index (χ1n) is 8.94. The van der Waals surface area contributed by atoms with Crippen molar-refractivity contribution in [1.29, 1.82) is 5.26 Å². The Hall–Kier alpha value is -3.46. The number of nitrogens with zero attached hydrogens (tertiary/aromatic N) is 4. The highest BCUT2D eigenvalue weighted by Gasteiger charge is 2.09. The molecule has 0 radical (unpaired) electrons. The Balaban J connectivity index is 1.61. The van der Waals surface area contributed by atoms with Gasteiger partial charge in [-0.05, 0) is 48.6 Å². The van der Waals surface area contributed by atoms with Crippen LogP contribution in [0, 0.1) is 17.2 Å². The molecule has 1 unspecified atom stereocenters.